The number of fused-ring (bicyclic) bond motifs is 3. The van der Waals surface area contributed by atoms with Gasteiger partial charge < -0.3 is 49.8 Å². The van der Waals surface area contributed by atoms with Gasteiger partial charge in [-0.2, -0.15) is 0 Å². The van der Waals surface area contributed by atoms with Crippen molar-refractivity contribution in [2.75, 3.05) is 52.4 Å². The van der Waals surface area contributed by atoms with Crippen LogP contribution in [0.4, 0.5) is 31.1 Å². The molecule has 2 saturated heterocycles. The molecular weight excluding hydrogens is 1470 g/mol. The van der Waals surface area contributed by atoms with Crippen molar-refractivity contribution in [1.82, 2.24) is 69.9 Å². The van der Waals surface area contributed by atoms with E-state index in [-0.39, 0.29) is 114 Å². The Bertz CT molecular complexity index is 4270. The molecule has 5 atom stereocenters. The number of alkyl halides is 6. The molecule has 4 N–H and O–H groups in total. The number of likely N-dealkylation sites (tertiary alicyclic amines) is 2. The van der Waals surface area contributed by atoms with E-state index in [2.05, 4.69) is 36.3 Å². The Balaban J connectivity index is 0.000000160. The van der Waals surface area contributed by atoms with Gasteiger partial charge in [-0.15, -0.1) is 27.7 Å². The maximum Gasteiger partial charge on any atom is 0.410 e. The summed E-state index contributed by atoms with van der Waals surface area (Å²) < 4.78 is 107. The number of carboxylic acids is 1. The van der Waals surface area contributed by atoms with Crippen LogP contribution in [-0.4, -0.2) is 157 Å². The Morgan fingerprint density at radius 3 is 1.46 bits per heavy atom. The number of rotatable bonds is 19. The number of hydrogen-bond donors (Lipinski definition) is 3. The summed E-state index contributed by atoms with van der Waals surface area (Å²) in [5, 5.41) is 37.7. The first-order valence-corrected chi connectivity index (χ1v) is 35.8. The van der Waals surface area contributed by atoms with Crippen molar-refractivity contribution in [1.29, 1.82) is 0 Å². The first-order chi connectivity index (χ1) is 49.3. The molecular formula is C70H85Cl4F6N15O10. The highest BCUT2D eigenvalue weighted by Gasteiger charge is 2.55. The van der Waals surface area contributed by atoms with Gasteiger partial charge in [0.2, 0.25) is 17.7 Å². The summed E-state index contributed by atoms with van der Waals surface area (Å²) in [5.74, 6) is -0.442. The SMILES string of the molecule is Cl.Cn1nnc(COc2ccc(Cl)c3c2[C@@H](CN)N(C(=O)OC(C)(C)C)CC3)c1C(F)F.Cn1nnc(COc2ccc(Cl)c3c2[C@@H](CN2CC4(CC4)CC2=O)N(C(=O)[C@@H]2CCC[C@]2(C)C(=O)O)CC3)c1C(F)F.Cn1nnc(COc2ccc(Cl)c3c2[C@@H](CN2CC4(CC4)CC2=O)NCC3)c1C(F)F. The topological polar surface area (TPSA) is 286 Å². The van der Waals surface area contributed by atoms with E-state index in [1.807, 2.05) is 4.90 Å². The van der Waals surface area contributed by atoms with Crippen LogP contribution in [0.1, 0.15) is 190 Å². The van der Waals surface area contributed by atoms with E-state index in [1.165, 1.54) is 21.1 Å². The van der Waals surface area contributed by atoms with E-state index in [9.17, 15) is 55.4 Å². The average molecular weight is 1550 g/mol. The smallest absolute Gasteiger partial charge is 0.410 e. The maximum atomic E-state index is 14.2. The molecule has 4 amide bonds. The zero-order valence-electron chi connectivity index (χ0n) is 59.1. The maximum absolute atomic E-state index is 14.2. The number of carbonyl (C=O) groups is 5. The first-order valence-electron chi connectivity index (χ1n) is 34.7. The van der Waals surface area contributed by atoms with Crippen LogP contribution in [0.15, 0.2) is 36.4 Å². The summed E-state index contributed by atoms with van der Waals surface area (Å²) in [6, 6.07) is 8.84. The van der Waals surface area contributed by atoms with Crippen molar-refractivity contribution >= 4 is 77.0 Å². The quantitative estimate of drug-likeness (QED) is 0.0635. The predicted molar refractivity (Wildman–Crippen MR) is 372 cm³/mol. The van der Waals surface area contributed by atoms with Crippen molar-refractivity contribution < 1.29 is 74.4 Å². The molecule has 3 saturated carbocycles. The number of hydrogen-bond acceptors (Lipinski definition) is 17. The molecule has 5 aliphatic heterocycles. The molecule has 0 bridgehead atoms. The molecule has 105 heavy (non-hydrogen) atoms. The zero-order valence-corrected chi connectivity index (χ0v) is 62.2. The van der Waals surface area contributed by atoms with Crippen molar-refractivity contribution in [3.05, 3.63) is 119 Å². The molecule has 3 aromatic heterocycles. The minimum Gasteiger partial charge on any atom is -0.487 e. The van der Waals surface area contributed by atoms with Gasteiger partial charge in [-0.1, -0.05) is 56.9 Å². The highest BCUT2D eigenvalue weighted by molar-refractivity contribution is 6.32. The van der Waals surface area contributed by atoms with Crippen molar-refractivity contribution in [2.24, 2.45) is 49.0 Å². The van der Waals surface area contributed by atoms with Crippen molar-refractivity contribution in [2.45, 2.75) is 168 Å². The summed E-state index contributed by atoms with van der Waals surface area (Å²) >= 11 is 19.5. The second-order valence-corrected chi connectivity index (χ2v) is 30.7. The van der Waals surface area contributed by atoms with Gasteiger partial charge in [-0.05, 0) is 156 Å². The normalized spacial score (nSPS) is 21.8. The Labute approximate surface area is 623 Å². The molecule has 8 heterocycles. The monoisotopic (exact) mass is 1550 g/mol. The third-order valence-electron chi connectivity index (χ3n) is 21.5. The Morgan fingerprint density at radius 2 is 1.05 bits per heavy atom. The molecule has 2 spiro atoms. The van der Waals surface area contributed by atoms with E-state index in [4.69, 9.17) is 59.5 Å². The van der Waals surface area contributed by atoms with Gasteiger partial charge in [0.25, 0.3) is 19.3 Å². The Hall–Kier alpha value is -7.71. The van der Waals surface area contributed by atoms with Crippen LogP contribution in [0, 0.1) is 22.2 Å². The molecule has 25 nitrogen and oxygen atoms in total. The van der Waals surface area contributed by atoms with Crippen LogP contribution < -0.4 is 25.3 Å². The summed E-state index contributed by atoms with van der Waals surface area (Å²) in [4.78, 5) is 71.8. The number of carbonyl (C=O) groups excluding carboxylic acids is 4. The van der Waals surface area contributed by atoms with Gasteiger partial charge in [0, 0.05) is 112 Å². The lowest BCUT2D eigenvalue weighted by atomic mass is 9.78. The molecule has 570 valence electrons. The number of benzene rings is 3. The number of ether oxygens (including phenoxy) is 4. The van der Waals surface area contributed by atoms with E-state index >= 15 is 0 Å². The van der Waals surface area contributed by atoms with Crippen LogP contribution in [0.3, 0.4) is 0 Å². The first kappa shape index (κ1) is 78.4. The number of aryl methyl sites for hydroxylation is 3. The summed E-state index contributed by atoms with van der Waals surface area (Å²) in [6.07, 6.45) is -0.282. The second-order valence-electron chi connectivity index (χ2n) is 29.5. The lowest BCUT2D eigenvalue weighted by Gasteiger charge is -2.42. The van der Waals surface area contributed by atoms with Crippen molar-refractivity contribution in [3.8, 4) is 17.2 Å². The van der Waals surface area contributed by atoms with Crippen LogP contribution in [-0.2, 0) is 84.1 Å². The van der Waals surface area contributed by atoms with Gasteiger partial charge >= 0.3 is 12.1 Å². The Kier molecular flexibility index (Phi) is 23.3. The molecule has 3 aliphatic carbocycles. The third-order valence-corrected chi connectivity index (χ3v) is 22.5. The fourth-order valence-corrected chi connectivity index (χ4v) is 16.4. The van der Waals surface area contributed by atoms with Crippen LogP contribution in [0.5, 0.6) is 17.2 Å². The number of aromatic nitrogens is 9. The number of nitrogens with zero attached hydrogens (tertiary/aromatic N) is 13. The number of amides is 4. The highest BCUT2D eigenvalue weighted by Crippen LogP contribution is 2.56. The van der Waals surface area contributed by atoms with E-state index in [0.717, 1.165) is 81.5 Å². The van der Waals surface area contributed by atoms with Crippen LogP contribution in [0.25, 0.3) is 0 Å². The van der Waals surface area contributed by atoms with E-state index < -0.39 is 60.4 Å². The molecule has 35 heteroatoms. The lowest BCUT2D eigenvalue weighted by Crippen LogP contribution is -2.50. The lowest BCUT2D eigenvalue weighted by molar-refractivity contribution is -0.157. The second kappa shape index (κ2) is 31.2. The summed E-state index contributed by atoms with van der Waals surface area (Å²) in [7, 11) is 4.21. The summed E-state index contributed by atoms with van der Waals surface area (Å²) in [6.45, 7) is 10.0. The third kappa shape index (κ3) is 16.3. The van der Waals surface area contributed by atoms with Gasteiger partial charge in [0.1, 0.15) is 76.8 Å². The highest BCUT2D eigenvalue weighted by atomic mass is 35.5. The zero-order chi connectivity index (χ0) is 74.6. The van der Waals surface area contributed by atoms with Gasteiger partial charge in [0.15, 0.2) is 0 Å². The molecule has 6 aromatic rings. The van der Waals surface area contributed by atoms with Gasteiger partial charge in [-0.3, -0.25) is 24.1 Å². The fraction of sp³-hybridized carbons (Fsp3) is 0.586. The number of aliphatic carboxylic acids is 1. The molecule has 0 unspecified atom stereocenters. The number of nitrogens with one attached hydrogen (secondary N) is 1. The minimum absolute atomic E-state index is 0. The standard InChI is InChI=1S/C29H34ClF2N5O5.C21H24ClF2N5O2.C20H26ClF2N5O3.ClH/c1-28(27(40)41)8-3-4-17(28)26(39)37-11-7-16-18(30)5-6-21(42-14-19-24(25(31)32)35(2)34-33-19)23(16)20(37)13-36-15-29(9-10-29)12-22(36)38;1-28-19(20(23)24)15(26-27-28)10-31-16-3-2-13(22)12-4-7-25-14(18(12)16)9-29-11-21(5-6-21)8-17(29)30;1-20(2,3)31-19(29)28-8-7-11-12(21)5-6-15(16(11)14(28)9-24)30-10-13-17(18(22)23)27(4)26-25-13;/h5-6,17,20,25H,3-4,7-15H2,1-2H3,(H,40,41);2-3,14,20,25H,4-11H2,1H3;5-6,14,18H,7-10,24H2,1-4H3;1H/t17-,20+,28-;2*14-;/m011./s1. The number of halogens is 10. The minimum atomic E-state index is -2.80. The van der Waals surface area contributed by atoms with Crippen LogP contribution in [0.2, 0.25) is 15.1 Å². The fourth-order valence-electron chi connectivity index (χ4n) is 15.6. The number of carboxylic acid groups (broad SMARTS) is 1. The van der Waals surface area contributed by atoms with E-state index in [1.54, 1.807) is 78.8 Å². The molecule has 3 aromatic carbocycles. The molecule has 0 radical (unpaired) electrons. The Morgan fingerprint density at radius 1 is 0.629 bits per heavy atom. The number of nitrogens with two attached hydrogens (primary N) is 1. The largest absolute Gasteiger partial charge is 0.487 e. The molecule has 14 rings (SSSR count). The van der Waals surface area contributed by atoms with Gasteiger partial charge in [0.05, 0.1) is 29.5 Å². The molecule has 8 aliphatic rings. The summed E-state index contributed by atoms with van der Waals surface area (Å²) in [5.41, 5.74) is 8.29. The van der Waals surface area contributed by atoms with Crippen molar-refractivity contribution in [3.63, 3.8) is 0 Å². The molecule has 5 fully saturated rings. The van der Waals surface area contributed by atoms with E-state index in [0.29, 0.717) is 115 Å². The van der Waals surface area contributed by atoms with Crippen LogP contribution >= 0.6 is 47.2 Å². The average Bonchev–Trinajstić information content (AvgIpc) is 1.72. The van der Waals surface area contributed by atoms with Gasteiger partial charge in [-0.25, -0.2) is 45.2 Å². The predicted octanol–water partition coefficient (Wildman–Crippen LogP) is 11.7.